The van der Waals surface area contributed by atoms with Crippen LogP contribution in [0.15, 0.2) is 52.4 Å². The molecule has 0 bridgehead atoms. The monoisotopic (exact) mass is 663 g/mol. The third kappa shape index (κ3) is 13.3. The van der Waals surface area contributed by atoms with Crippen molar-refractivity contribution >= 4 is 23.8 Å². The van der Waals surface area contributed by atoms with E-state index in [1.54, 1.807) is 0 Å². The van der Waals surface area contributed by atoms with Crippen LogP contribution in [0.2, 0.25) is 0 Å². The van der Waals surface area contributed by atoms with Crippen LogP contribution in [0, 0.1) is 13.8 Å². The summed E-state index contributed by atoms with van der Waals surface area (Å²) in [6.07, 6.45) is 17.6. The van der Waals surface area contributed by atoms with E-state index in [4.69, 9.17) is 15.0 Å². The number of aryl methyl sites for hydroxylation is 6. The molecule has 0 saturated carbocycles. The molecule has 0 saturated heterocycles. The van der Waals surface area contributed by atoms with Crippen molar-refractivity contribution in [3.05, 3.63) is 87.2 Å². The Hall–Kier alpha value is -1.97. The zero-order chi connectivity index (χ0) is 28.7. The van der Waals surface area contributed by atoms with Crippen LogP contribution < -0.4 is 24.8 Å². The van der Waals surface area contributed by atoms with E-state index in [2.05, 4.69) is 71.9 Å². The van der Waals surface area contributed by atoms with Crippen molar-refractivity contribution in [2.45, 2.75) is 119 Å². The molecule has 0 N–H and O–H groups in total. The summed E-state index contributed by atoms with van der Waals surface area (Å²) in [7, 11) is 0. The standard InChI is InChI=1S/C37H51N3.2ClH.Fe/c1-7-11-16-30-22-28(5)23-31(17-12-8-2)36(30)38-26-34-20-15-21-35(40-34)27-39-37-32(18-13-9-3)24-29(6)25-33(37)19-14-10-4;;;/h15,20-27H,7-14,16-19H2,1-6H3;2*1H;/q;;;+2/p-2. The van der Waals surface area contributed by atoms with Gasteiger partial charge in [0.25, 0.3) is 0 Å². The Morgan fingerprint density at radius 3 is 1.14 bits per heavy atom. The minimum absolute atomic E-state index is 0. The third-order valence-corrected chi connectivity index (χ3v) is 7.47. The van der Waals surface area contributed by atoms with Gasteiger partial charge in [0.1, 0.15) is 0 Å². The van der Waals surface area contributed by atoms with E-state index < -0.39 is 0 Å². The number of aliphatic imine (C=N–C) groups is 2. The van der Waals surface area contributed by atoms with E-state index in [0.29, 0.717) is 0 Å². The van der Waals surface area contributed by atoms with E-state index in [1.165, 1.54) is 84.7 Å². The van der Waals surface area contributed by atoms with Gasteiger partial charge in [0, 0.05) is 0 Å². The molecular formula is C37H51Cl2FeN3. The molecule has 2 aromatic carbocycles. The molecule has 0 aliphatic heterocycles. The molecule has 3 rings (SSSR count). The molecule has 3 nitrogen and oxygen atoms in total. The average molecular weight is 665 g/mol. The van der Waals surface area contributed by atoms with Crippen molar-refractivity contribution in [2.75, 3.05) is 0 Å². The summed E-state index contributed by atoms with van der Waals surface area (Å²) in [5.74, 6) is 0. The van der Waals surface area contributed by atoms with E-state index in [1.807, 2.05) is 24.6 Å². The van der Waals surface area contributed by atoms with Gasteiger partial charge in [0.15, 0.2) is 0 Å². The maximum Gasteiger partial charge on any atom is 2.00 e. The summed E-state index contributed by atoms with van der Waals surface area (Å²) >= 11 is 0. The van der Waals surface area contributed by atoms with E-state index >= 15 is 0 Å². The van der Waals surface area contributed by atoms with Gasteiger partial charge in [-0.1, -0.05) is 94.8 Å². The summed E-state index contributed by atoms with van der Waals surface area (Å²) in [6.45, 7) is 13.4. The molecular weight excluding hydrogens is 613 g/mol. The third-order valence-electron chi connectivity index (χ3n) is 7.47. The predicted octanol–water partition coefficient (Wildman–Crippen LogP) is 4.58. The molecule has 0 aliphatic carbocycles. The Morgan fingerprint density at radius 1 is 0.558 bits per heavy atom. The predicted molar refractivity (Wildman–Crippen MR) is 176 cm³/mol. The quantitative estimate of drug-likeness (QED) is 0.163. The Balaban J connectivity index is 0.00000588. The van der Waals surface area contributed by atoms with Crippen LogP contribution in [0.1, 0.15) is 124 Å². The number of benzene rings is 2. The van der Waals surface area contributed by atoms with Crippen molar-refractivity contribution in [3.8, 4) is 0 Å². The minimum Gasteiger partial charge on any atom is -1.00 e. The molecule has 0 amide bonds. The fourth-order valence-electron chi connectivity index (χ4n) is 5.31. The summed E-state index contributed by atoms with van der Waals surface area (Å²) in [4.78, 5) is 15.0. The largest absolute Gasteiger partial charge is 2.00 e. The van der Waals surface area contributed by atoms with Gasteiger partial charge >= 0.3 is 17.1 Å². The summed E-state index contributed by atoms with van der Waals surface area (Å²) in [6, 6.07) is 15.4. The van der Waals surface area contributed by atoms with Crippen molar-refractivity contribution in [2.24, 2.45) is 9.98 Å². The first-order chi connectivity index (χ1) is 19.5. The van der Waals surface area contributed by atoms with Gasteiger partial charge in [-0.25, -0.2) is 4.98 Å². The molecule has 0 radical (unpaired) electrons. The topological polar surface area (TPSA) is 37.6 Å². The van der Waals surface area contributed by atoms with E-state index in [9.17, 15) is 0 Å². The van der Waals surface area contributed by atoms with Gasteiger partial charge in [-0.15, -0.1) is 0 Å². The van der Waals surface area contributed by atoms with Gasteiger partial charge in [-0.05, 0) is 99.6 Å². The fraction of sp³-hybridized carbons (Fsp3) is 0.486. The van der Waals surface area contributed by atoms with Crippen molar-refractivity contribution in [1.29, 1.82) is 0 Å². The number of hydrogen-bond donors (Lipinski definition) is 0. The SMILES string of the molecule is CCCCc1cc(C)cc(CCCC)c1N=Cc1cccc(C=Nc2c(CCCC)cc(C)cc2CCCC)n1.[Cl-].[Cl-].[Fe+2]. The van der Waals surface area contributed by atoms with Gasteiger partial charge < -0.3 is 24.8 Å². The zero-order valence-electron chi connectivity index (χ0n) is 27.1. The fourth-order valence-corrected chi connectivity index (χ4v) is 5.31. The summed E-state index contributed by atoms with van der Waals surface area (Å²) in [5, 5.41) is 0. The maximum atomic E-state index is 5.06. The molecule has 6 heteroatoms. The normalized spacial score (nSPS) is 10.9. The molecule has 0 unspecified atom stereocenters. The molecule has 1 aromatic heterocycles. The molecule has 0 aliphatic rings. The Bertz CT molecular complexity index is 1130. The summed E-state index contributed by atoms with van der Waals surface area (Å²) < 4.78 is 0. The minimum atomic E-state index is 0. The van der Waals surface area contributed by atoms with Crippen molar-refractivity contribution < 1.29 is 41.9 Å². The van der Waals surface area contributed by atoms with Crippen LogP contribution in [0.3, 0.4) is 0 Å². The van der Waals surface area contributed by atoms with Gasteiger partial charge in [0.2, 0.25) is 0 Å². The van der Waals surface area contributed by atoms with Crippen molar-refractivity contribution in [3.63, 3.8) is 0 Å². The molecule has 3 aromatic rings. The van der Waals surface area contributed by atoms with Crippen molar-refractivity contribution in [1.82, 2.24) is 4.98 Å². The van der Waals surface area contributed by atoms with E-state index in [-0.39, 0.29) is 41.9 Å². The van der Waals surface area contributed by atoms with Crippen LogP contribution in [-0.4, -0.2) is 17.4 Å². The molecule has 0 spiro atoms. The average Bonchev–Trinajstić information content (AvgIpc) is 2.95. The number of rotatable bonds is 16. The first kappa shape index (κ1) is 41.0. The zero-order valence-corrected chi connectivity index (χ0v) is 29.7. The Morgan fingerprint density at radius 2 is 0.860 bits per heavy atom. The Labute approximate surface area is 285 Å². The molecule has 236 valence electrons. The van der Waals surface area contributed by atoms with Gasteiger partial charge in [-0.2, -0.15) is 0 Å². The van der Waals surface area contributed by atoms with Crippen LogP contribution in [-0.2, 0) is 42.8 Å². The molecule has 1 heterocycles. The van der Waals surface area contributed by atoms with Crippen LogP contribution >= 0.6 is 0 Å². The molecule has 0 fully saturated rings. The van der Waals surface area contributed by atoms with Crippen LogP contribution in [0.25, 0.3) is 0 Å². The summed E-state index contributed by atoms with van der Waals surface area (Å²) in [5.41, 5.74) is 12.1. The number of nitrogens with zero attached hydrogens (tertiary/aromatic N) is 3. The second kappa shape index (κ2) is 22.5. The first-order valence-corrected chi connectivity index (χ1v) is 15.8. The molecule has 43 heavy (non-hydrogen) atoms. The van der Waals surface area contributed by atoms with Gasteiger partial charge in [0.05, 0.1) is 35.2 Å². The van der Waals surface area contributed by atoms with E-state index in [0.717, 1.165) is 48.4 Å². The number of unbranched alkanes of at least 4 members (excludes halogenated alkanes) is 4. The van der Waals surface area contributed by atoms with Crippen LogP contribution in [0.5, 0.6) is 0 Å². The number of pyridine rings is 1. The second-order valence-electron chi connectivity index (χ2n) is 11.3. The number of aromatic nitrogens is 1. The smallest absolute Gasteiger partial charge is 1.00 e. The van der Waals surface area contributed by atoms with Gasteiger partial charge in [-0.3, -0.25) is 9.98 Å². The number of hydrogen-bond acceptors (Lipinski definition) is 3. The Kier molecular flexibility index (Phi) is 21.5. The first-order valence-electron chi connectivity index (χ1n) is 15.8. The number of halogens is 2. The second-order valence-corrected chi connectivity index (χ2v) is 11.3. The maximum absolute atomic E-state index is 5.06. The molecule has 0 atom stereocenters. The van der Waals surface area contributed by atoms with Crippen LogP contribution in [0.4, 0.5) is 11.4 Å².